The average Bonchev–Trinajstić information content (AvgIpc) is 2.96. The molecule has 0 spiro atoms. The summed E-state index contributed by atoms with van der Waals surface area (Å²) in [6, 6.07) is 6.47. The minimum atomic E-state index is -0.526. The van der Waals surface area contributed by atoms with E-state index in [1.807, 2.05) is 0 Å². The van der Waals surface area contributed by atoms with E-state index in [0.29, 0.717) is 25.2 Å². The van der Waals surface area contributed by atoms with Gasteiger partial charge in [-0.25, -0.2) is 4.79 Å². The zero-order valence-electron chi connectivity index (χ0n) is 13.7. The van der Waals surface area contributed by atoms with E-state index in [4.69, 9.17) is 9.47 Å². The molecule has 2 rings (SSSR count). The fourth-order valence-electron chi connectivity index (χ4n) is 2.47. The van der Waals surface area contributed by atoms with E-state index in [0.717, 1.165) is 12.2 Å². The summed E-state index contributed by atoms with van der Waals surface area (Å²) in [5, 5.41) is 2.68. The molecular weight excluding hydrogens is 294 g/mol. The Labute approximate surface area is 137 Å². The van der Waals surface area contributed by atoms with Gasteiger partial charge < -0.3 is 14.8 Å². The second kappa shape index (κ2) is 9.18. The van der Waals surface area contributed by atoms with Crippen LogP contribution in [0.3, 0.4) is 0 Å². The standard InChI is InChI=1S/C18H25NO4/c1-2-3-4-5-6-12-22-15-9-7-14(8-10-15)17(20)19-16-11-13-23-18(16)21/h7-10,16H,2-6,11-13H2,1H3,(H,19,20)/t16-/m0/s1. The molecule has 5 nitrogen and oxygen atoms in total. The van der Waals surface area contributed by atoms with Crippen LogP contribution in [-0.2, 0) is 9.53 Å². The Kier molecular flexibility index (Phi) is 6.91. The topological polar surface area (TPSA) is 64.6 Å². The van der Waals surface area contributed by atoms with Crippen LogP contribution in [0.1, 0.15) is 55.8 Å². The van der Waals surface area contributed by atoms with E-state index in [-0.39, 0.29) is 11.9 Å². The first-order valence-corrected chi connectivity index (χ1v) is 8.41. The van der Waals surface area contributed by atoms with Gasteiger partial charge in [0.25, 0.3) is 5.91 Å². The van der Waals surface area contributed by atoms with Gasteiger partial charge in [0, 0.05) is 12.0 Å². The van der Waals surface area contributed by atoms with Gasteiger partial charge in [-0.15, -0.1) is 0 Å². The van der Waals surface area contributed by atoms with Crippen molar-refractivity contribution in [3.63, 3.8) is 0 Å². The number of esters is 1. The van der Waals surface area contributed by atoms with E-state index in [1.165, 1.54) is 25.7 Å². The second-order valence-corrected chi connectivity index (χ2v) is 5.77. The fourth-order valence-corrected chi connectivity index (χ4v) is 2.47. The molecule has 1 aromatic carbocycles. The van der Waals surface area contributed by atoms with Crippen LogP contribution < -0.4 is 10.1 Å². The third-order valence-electron chi connectivity index (χ3n) is 3.87. The molecule has 1 fully saturated rings. The molecule has 1 aliphatic heterocycles. The first-order valence-electron chi connectivity index (χ1n) is 8.41. The quantitative estimate of drug-likeness (QED) is 0.561. The third-order valence-corrected chi connectivity index (χ3v) is 3.87. The van der Waals surface area contributed by atoms with Gasteiger partial charge >= 0.3 is 5.97 Å². The number of cyclic esters (lactones) is 1. The Morgan fingerprint density at radius 3 is 2.61 bits per heavy atom. The van der Waals surface area contributed by atoms with E-state index < -0.39 is 6.04 Å². The van der Waals surface area contributed by atoms with Crippen LogP contribution in [0.15, 0.2) is 24.3 Å². The second-order valence-electron chi connectivity index (χ2n) is 5.77. The first kappa shape index (κ1) is 17.3. The summed E-state index contributed by atoms with van der Waals surface area (Å²) >= 11 is 0. The van der Waals surface area contributed by atoms with E-state index in [2.05, 4.69) is 12.2 Å². The van der Waals surface area contributed by atoms with Gasteiger partial charge in [0.1, 0.15) is 11.8 Å². The van der Waals surface area contributed by atoms with Crippen molar-refractivity contribution < 1.29 is 19.1 Å². The van der Waals surface area contributed by atoms with Gasteiger partial charge in [-0.2, -0.15) is 0 Å². The normalized spacial score (nSPS) is 16.9. The molecule has 5 heteroatoms. The number of carbonyl (C=O) groups excluding carboxylic acids is 2. The number of rotatable bonds is 9. The molecule has 126 valence electrons. The molecule has 1 aliphatic rings. The highest BCUT2D eigenvalue weighted by atomic mass is 16.5. The number of unbranched alkanes of at least 4 members (excludes halogenated alkanes) is 4. The molecule has 1 saturated heterocycles. The highest BCUT2D eigenvalue weighted by molar-refractivity contribution is 5.97. The van der Waals surface area contributed by atoms with E-state index in [9.17, 15) is 9.59 Å². The van der Waals surface area contributed by atoms with Crippen LogP contribution in [-0.4, -0.2) is 31.1 Å². The van der Waals surface area contributed by atoms with Crippen molar-refractivity contribution >= 4 is 11.9 Å². The summed E-state index contributed by atoms with van der Waals surface area (Å²) in [6.07, 6.45) is 6.53. The van der Waals surface area contributed by atoms with Crippen molar-refractivity contribution in [1.29, 1.82) is 0 Å². The van der Waals surface area contributed by atoms with Crippen LogP contribution in [0.2, 0.25) is 0 Å². The minimum Gasteiger partial charge on any atom is -0.494 e. The summed E-state index contributed by atoms with van der Waals surface area (Å²) in [7, 11) is 0. The van der Waals surface area contributed by atoms with Crippen LogP contribution in [0.25, 0.3) is 0 Å². The summed E-state index contributed by atoms with van der Waals surface area (Å²) in [4.78, 5) is 23.4. The Morgan fingerprint density at radius 1 is 1.22 bits per heavy atom. The van der Waals surface area contributed by atoms with Crippen molar-refractivity contribution in [2.45, 2.75) is 51.5 Å². The molecule has 0 unspecified atom stereocenters. The lowest BCUT2D eigenvalue weighted by Gasteiger charge is -2.10. The average molecular weight is 319 g/mol. The van der Waals surface area contributed by atoms with Crippen molar-refractivity contribution in [2.75, 3.05) is 13.2 Å². The number of benzene rings is 1. The van der Waals surface area contributed by atoms with Crippen LogP contribution >= 0.6 is 0 Å². The molecular formula is C18H25NO4. The summed E-state index contributed by atoms with van der Waals surface area (Å²) in [6.45, 7) is 3.27. The lowest BCUT2D eigenvalue weighted by atomic mass is 10.1. The van der Waals surface area contributed by atoms with Crippen LogP contribution in [0.4, 0.5) is 0 Å². The maximum atomic E-state index is 12.1. The van der Waals surface area contributed by atoms with Gasteiger partial charge in [-0.3, -0.25) is 4.79 Å². The molecule has 0 radical (unpaired) electrons. The van der Waals surface area contributed by atoms with Crippen molar-refractivity contribution in [3.05, 3.63) is 29.8 Å². The largest absolute Gasteiger partial charge is 0.494 e. The number of hydrogen-bond donors (Lipinski definition) is 1. The molecule has 1 aromatic rings. The molecule has 0 aromatic heterocycles. The number of nitrogens with one attached hydrogen (secondary N) is 1. The molecule has 1 atom stereocenters. The summed E-state index contributed by atoms with van der Waals surface area (Å²) in [5.74, 6) is 0.138. The lowest BCUT2D eigenvalue weighted by molar-refractivity contribution is -0.139. The molecule has 1 N–H and O–H groups in total. The summed E-state index contributed by atoms with van der Waals surface area (Å²) in [5.41, 5.74) is 0.514. The zero-order chi connectivity index (χ0) is 16.5. The van der Waals surface area contributed by atoms with E-state index in [1.54, 1.807) is 24.3 Å². The van der Waals surface area contributed by atoms with Crippen LogP contribution in [0.5, 0.6) is 5.75 Å². The number of carbonyl (C=O) groups is 2. The maximum Gasteiger partial charge on any atom is 0.328 e. The molecule has 0 bridgehead atoms. The Balaban J connectivity index is 1.73. The monoisotopic (exact) mass is 319 g/mol. The van der Waals surface area contributed by atoms with Gasteiger partial charge in [-0.05, 0) is 30.7 Å². The van der Waals surface area contributed by atoms with Gasteiger partial charge in [-0.1, -0.05) is 32.6 Å². The Morgan fingerprint density at radius 2 is 1.96 bits per heavy atom. The molecule has 0 saturated carbocycles. The lowest BCUT2D eigenvalue weighted by Crippen LogP contribution is -2.37. The zero-order valence-corrected chi connectivity index (χ0v) is 13.7. The highest BCUT2D eigenvalue weighted by Crippen LogP contribution is 2.14. The molecule has 23 heavy (non-hydrogen) atoms. The molecule has 1 amide bonds. The molecule has 1 heterocycles. The van der Waals surface area contributed by atoms with Gasteiger partial charge in [0.2, 0.25) is 0 Å². The number of ether oxygens (including phenoxy) is 2. The first-order chi connectivity index (χ1) is 11.2. The maximum absolute atomic E-state index is 12.1. The van der Waals surface area contributed by atoms with Crippen LogP contribution in [0, 0.1) is 0 Å². The SMILES string of the molecule is CCCCCCCOc1ccc(C(=O)N[C@H]2CCOC2=O)cc1. The van der Waals surface area contributed by atoms with Crippen molar-refractivity contribution in [1.82, 2.24) is 5.32 Å². The Hall–Kier alpha value is -2.04. The fraction of sp³-hybridized carbons (Fsp3) is 0.556. The minimum absolute atomic E-state index is 0.264. The third kappa shape index (κ3) is 5.58. The number of amides is 1. The summed E-state index contributed by atoms with van der Waals surface area (Å²) < 4.78 is 10.5. The van der Waals surface area contributed by atoms with Gasteiger partial charge in [0.15, 0.2) is 0 Å². The van der Waals surface area contributed by atoms with Gasteiger partial charge in [0.05, 0.1) is 13.2 Å². The van der Waals surface area contributed by atoms with Crippen molar-refractivity contribution in [2.24, 2.45) is 0 Å². The highest BCUT2D eigenvalue weighted by Gasteiger charge is 2.28. The molecule has 0 aliphatic carbocycles. The number of hydrogen-bond acceptors (Lipinski definition) is 4. The smallest absolute Gasteiger partial charge is 0.328 e. The predicted octanol–water partition coefficient (Wildman–Crippen LogP) is 3.08. The Bertz CT molecular complexity index is 512. The van der Waals surface area contributed by atoms with E-state index >= 15 is 0 Å². The van der Waals surface area contributed by atoms with Crippen molar-refractivity contribution in [3.8, 4) is 5.75 Å². The predicted molar refractivity (Wildman–Crippen MR) is 87.5 cm³/mol.